The van der Waals surface area contributed by atoms with Gasteiger partial charge in [0.05, 0.1) is 56.7 Å². The Bertz CT molecular complexity index is 1470. The number of nitriles is 1. The van der Waals surface area contributed by atoms with Crippen molar-refractivity contribution in [1.29, 1.82) is 5.26 Å². The van der Waals surface area contributed by atoms with Gasteiger partial charge < -0.3 is 29.6 Å². The minimum atomic E-state index is -0.573. The van der Waals surface area contributed by atoms with Gasteiger partial charge in [-0.25, -0.2) is 4.98 Å². The van der Waals surface area contributed by atoms with Crippen LogP contribution >= 0.6 is 0 Å². The summed E-state index contributed by atoms with van der Waals surface area (Å²) in [6.07, 6.45) is 1.75. The van der Waals surface area contributed by atoms with E-state index in [9.17, 15) is 10.1 Å². The maximum absolute atomic E-state index is 13.9. The Labute approximate surface area is 228 Å². The molecule has 1 atom stereocenters. The van der Waals surface area contributed by atoms with E-state index in [0.29, 0.717) is 46.6 Å². The van der Waals surface area contributed by atoms with Gasteiger partial charge in [0.15, 0.2) is 0 Å². The second kappa shape index (κ2) is 11.8. The number of rotatable bonds is 9. The summed E-state index contributed by atoms with van der Waals surface area (Å²) >= 11 is 0. The Morgan fingerprint density at radius 1 is 1.08 bits per heavy atom. The molecule has 39 heavy (non-hydrogen) atoms. The summed E-state index contributed by atoms with van der Waals surface area (Å²) in [6, 6.07) is 12.8. The van der Waals surface area contributed by atoms with Gasteiger partial charge >= 0.3 is 0 Å². The second-order valence-electron chi connectivity index (χ2n) is 8.99. The van der Waals surface area contributed by atoms with Crippen LogP contribution in [-0.2, 0) is 11.3 Å². The number of nitrogens with zero attached hydrogens (tertiary/aromatic N) is 2. The van der Waals surface area contributed by atoms with E-state index in [4.69, 9.17) is 18.9 Å². The molecule has 0 bridgehead atoms. The van der Waals surface area contributed by atoms with Crippen molar-refractivity contribution in [2.24, 2.45) is 0 Å². The first-order valence-corrected chi connectivity index (χ1v) is 12.5. The molecule has 0 saturated carbocycles. The van der Waals surface area contributed by atoms with Crippen molar-refractivity contribution in [1.82, 2.24) is 10.3 Å². The fourth-order valence-corrected chi connectivity index (χ4v) is 4.81. The third-order valence-corrected chi connectivity index (χ3v) is 6.70. The van der Waals surface area contributed by atoms with Crippen LogP contribution in [-0.4, -0.2) is 38.8 Å². The first kappa shape index (κ1) is 27.3. The Morgan fingerprint density at radius 2 is 1.85 bits per heavy atom. The maximum Gasteiger partial charge on any atom is 0.250 e. The van der Waals surface area contributed by atoms with Gasteiger partial charge in [0.2, 0.25) is 11.8 Å². The summed E-state index contributed by atoms with van der Waals surface area (Å²) in [5, 5.41) is 15.9. The van der Waals surface area contributed by atoms with Gasteiger partial charge in [-0.05, 0) is 50.6 Å². The fourth-order valence-electron chi connectivity index (χ4n) is 4.81. The first-order valence-electron chi connectivity index (χ1n) is 12.5. The number of nitrogens with one attached hydrogen (secondary N) is 2. The monoisotopic (exact) mass is 528 g/mol. The number of anilines is 1. The number of aromatic nitrogens is 1. The Hall–Kier alpha value is -4.71. The predicted molar refractivity (Wildman–Crippen MR) is 147 cm³/mol. The Morgan fingerprint density at radius 3 is 2.51 bits per heavy atom. The van der Waals surface area contributed by atoms with Crippen LogP contribution in [0, 0.1) is 18.3 Å². The van der Waals surface area contributed by atoms with Crippen LogP contribution in [0.5, 0.6) is 23.1 Å². The second-order valence-corrected chi connectivity index (χ2v) is 8.99. The molecule has 0 saturated heterocycles. The molecule has 1 aliphatic rings. The van der Waals surface area contributed by atoms with Crippen LogP contribution in [0.3, 0.4) is 0 Å². The van der Waals surface area contributed by atoms with E-state index in [1.807, 2.05) is 39.0 Å². The molecule has 2 aromatic carbocycles. The smallest absolute Gasteiger partial charge is 0.250 e. The summed E-state index contributed by atoms with van der Waals surface area (Å²) in [5.41, 5.74) is 5.63. The van der Waals surface area contributed by atoms with Crippen LogP contribution < -0.4 is 29.6 Å². The number of amides is 1. The number of benzene rings is 2. The summed E-state index contributed by atoms with van der Waals surface area (Å²) < 4.78 is 22.5. The SMILES string of the molecule is CCOc1ncc(C)c2c1[C@@H](c1ccc(C#N)cc1OC)C(C(=O)NCc1ccc(OC)cc1OC)=C(C)N2. The van der Waals surface area contributed by atoms with Crippen molar-refractivity contribution >= 4 is 11.6 Å². The zero-order valence-corrected chi connectivity index (χ0v) is 23.0. The lowest BCUT2D eigenvalue weighted by Gasteiger charge is -2.33. The quantitative estimate of drug-likeness (QED) is 0.406. The standard InChI is InChI=1S/C30H32N4O5/c1-7-39-30-27-26(22-11-8-19(14-31)12-24(22)38-6)25(18(3)34-28(27)17(2)15-33-30)29(35)32-16-20-9-10-21(36-4)13-23(20)37-5/h8-13,15,26,34H,7,16H2,1-6H3,(H,32,35)/t26-/m0/s1. The van der Waals surface area contributed by atoms with E-state index in [0.717, 1.165) is 27.9 Å². The van der Waals surface area contributed by atoms with Crippen LogP contribution in [0.4, 0.5) is 5.69 Å². The summed E-state index contributed by atoms with van der Waals surface area (Å²) in [7, 11) is 4.71. The zero-order chi connectivity index (χ0) is 28.1. The van der Waals surface area contributed by atoms with E-state index in [1.165, 1.54) is 0 Å². The molecule has 1 aromatic heterocycles. The van der Waals surface area contributed by atoms with Gasteiger partial charge in [0.1, 0.15) is 17.2 Å². The van der Waals surface area contributed by atoms with E-state index < -0.39 is 5.92 Å². The average Bonchev–Trinajstić information content (AvgIpc) is 2.96. The van der Waals surface area contributed by atoms with Gasteiger partial charge in [-0.1, -0.05) is 6.07 Å². The van der Waals surface area contributed by atoms with Crippen LogP contribution in [0.15, 0.2) is 53.9 Å². The van der Waals surface area contributed by atoms with Crippen molar-refractivity contribution in [2.75, 3.05) is 33.3 Å². The Balaban J connectivity index is 1.83. The number of ether oxygens (including phenoxy) is 4. The lowest BCUT2D eigenvalue weighted by Crippen LogP contribution is -2.32. The fraction of sp³-hybridized carbons (Fsp3) is 0.300. The normalized spacial score (nSPS) is 14.0. The molecule has 0 unspecified atom stereocenters. The van der Waals surface area contributed by atoms with Crippen molar-refractivity contribution in [2.45, 2.75) is 33.2 Å². The number of pyridine rings is 1. The van der Waals surface area contributed by atoms with Crippen molar-refractivity contribution in [3.8, 4) is 29.2 Å². The molecule has 202 valence electrons. The zero-order valence-electron chi connectivity index (χ0n) is 23.0. The average molecular weight is 529 g/mol. The van der Waals surface area contributed by atoms with Crippen molar-refractivity contribution < 1.29 is 23.7 Å². The lowest BCUT2D eigenvalue weighted by atomic mass is 9.79. The lowest BCUT2D eigenvalue weighted by molar-refractivity contribution is -0.117. The molecular formula is C30H32N4O5. The Kier molecular flexibility index (Phi) is 8.25. The van der Waals surface area contributed by atoms with Gasteiger partial charge in [-0.3, -0.25) is 4.79 Å². The van der Waals surface area contributed by atoms with E-state index in [2.05, 4.69) is 21.7 Å². The number of carbonyl (C=O) groups is 1. The summed E-state index contributed by atoms with van der Waals surface area (Å²) in [4.78, 5) is 18.5. The largest absolute Gasteiger partial charge is 0.497 e. The van der Waals surface area contributed by atoms with Gasteiger partial charge in [-0.2, -0.15) is 5.26 Å². The molecule has 0 aliphatic carbocycles. The summed E-state index contributed by atoms with van der Waals surface area (Å²) in [6.45, 7) is 6.35. The molecule has 0 spiro atoms. The molecule has 9 heteroatoms. The predicted octanol–water partition coefficient (Wildman–Crippen LogP) is 4.83. The van der Waals surface area contributed by atoms with Crippen LogP contribution in [0.2, 0.25) is 0 Å². The third kappa shape index (κ3) is 5.32. The van der Waals surface area contributed by atoms with Gasteiger partial charge in [0, 0.05) is 41.2 Å². The number of hydrogen-bond donors (Lipinski definition) is 2. The first-order chi connectivity index (χ1) is 18.9. The van der Waals surface area contributed by atoms with Crippen molar-refractivity contribution in [3.63, 3.8) is 0 Å². The number of fused-ring (bicyclic) bond motifs is 1. The number of aryl methyl sites for hydroxylation is 1. The molecule has 2 heterocycles. The van der Waals surface area contributed by atoms with E-state index in [-0.39, 0.29) is 12.5 Å². The molecule has 4 rings (SSSR count). The summed E-state index contributed by atoms with van der Waals surface area (Å²) in [5.74, 6) is 1.34. The highest BCUT2D eigenvalue weighted by Crippen LogP contribution is 2.49. The topological polar surface area (TPSA) is 115 Å². The van der Waals surface area contributed by atoms with E-state index in [1.54, 1.807) is 45.7 Å². The number of hydrogen-bond acceptors (Lipinski definition) is 8. The minimum Gasteiger partial charge on any atom is -0.497 e. The molecule has 0 radical (unpaired) electrons. The number of carbonyl (C=O) groups excluding carboxylic acids is 1. The molecule has 2 N–H and O–H groups in total. The number of methoxy groups -OCH3 is 3. The molecular weight excluding hydrogens is 496 g/mol. The van der Waals surface area contributed by atoms with E-state index >= 15 is 0 Å². The molecule has 9 nitrogen and oxygen atoms in total. The molecule has 1 aliphatic heterocycles. The highest BCUT2D eigenvalue weighted by Gasteiger charge is 2.37. The van der Waals surface area contributed by atoms with Crippen molar-refractivity contribution in [3.05, 3.63) is 81.7 Å². The van der Waals surface area contributed by atoms with Crippen LogP contribution in [0.25, 0.3) is 0 Å². The molecule has 0 fully saturated rings. The number of allylic oxidation sites excluding steroid dienone is 1. The van der Waals surface area contributed by atoms with Crippen LogP contribution in [0.1, 0.15) is 47.6 Å². The van der Waals surface area contributed by atoms with Gasteiger partial charge in [0.25, 0.3) is 0 Å². The molecule has 3 aromatic rings. The third-order valence-electron chi connectivity index (χ3n) is 6.70. The highest BCUT2D eigenvalue weighted by atomic mass is 16.5. The van der Waals surface area contributed by atoms with Gasteiger partial charge in [-0.15, -0.1) is 0 Å². The maximum atomic E-state index is 13.9. The highest BCUT2D eigenvalue weighted by molar-refractivity contribution is 5.99. The molecule has 1 amide bonds. The minimum absolute atomic E-state index is 0.233.